The van der Waals surface area contributed by atoms with Gasteiger partial charge >= 0.3 is 0 Å². The van der Waals surface area contributed by atoms with Gasteiger partial charge in [0.05, 0.1) is 4.88 Å². The first-order valence-electron chi connectivity index (χ1n) is 6.47. The van der Waals surface area contributed by atoms with Gasteiger partial charge in [0.25, 0.3) is 5.91 Å². The number of rotatable bonds is 5. The zero-order valence-corrected chi connectivity index (χ0v) is 12.7. The van der Waals surface area contributed by atoms with Gasteiger partial charge < -0.3 is 11.1 Å². The summed E-state index contributed by atoms with van der Waals surface area (Å²) in [6.45, 7) is 11.5. The monoisotopic (exact) mass is 268 g/mol. The average molecular weight is 268 g/mol. The molecule has 1 rings (SSSR count). The Morgan fingerprint density at radius 1 is 1.33 bits per heavy atom. The van der Waals surface area contributed by atoms with Crippen LogP contribution in [0.1, 0.15) is 42.2 Å². The summed E-state index contributed by atoms with van der Waals surface area (Å²) in [4.78, 5) is 13.7. The summed E-state index contributed by atoms with van der Waals surface area (Å²) < 4.78 is 0. The van der Waals surface area contributed by atoms with Crippen molar-refractivity contribution >= 4 is 22.9 Å². The number of carbonyl (C=O) groups is 1. The van der Waals surface area contributed by atoms with E-state index in [4.69, 9.17) is 5.73 Å². The molecular formula is C14H24N2OS. The number of hydrogen-bond donors (Lipinski definition) is 2. The molecule has 0 aliphatic heterocycles. The highest BCUT2D eigenvalue weighted by atomic mass is 32.1. The Hall–Kier alpha value is -1.03. The van der Waals surface area contributed by atoms with Crippen LogP contribution in [0.4, 0.5) is 5.69 Å². The molecule has 1 aromatic rings. The third kappa shape index (κ3) is 3.73. The van der Waals surface area contributed by atoms with Crippen LogP contribution in [0.25, 0.3) is 0 Å². The molecule has 1 heterocycles. The molecule has 0 fully saturated rings. The van der Waals surface area contributed by atoms with Crippen molar-refractivity contribution in [2.24, 2.45) is 17.8 Å². The number of anilines is 1. The molecule has 0 bridgehead atoms. The number of nitrogens with one attached hydrogen (secondary N) is 1. The largest absolute Gasteiger partial charge is 0.398 e. The number of carbonyl (C=O) groups excluding carboxylic acids is 1. The van der Waals surface area contributed by atoms with Crippen LogP contribution in [0.3, 0.4) is 0 Å². The first-order chi connectivity index (χ1) is 8.32. The van der Waals surface area contributed by atoms with E-state index in [0.29, 0.717) is 28.3 Å². The van der Waals surface area contributed by atoms with Crippen molar-refractivity contribution in [2.75, 3.05) is 12.3 Å². The molecule has 4 heteroatoms. The summed E-state index contributed by atoms with van der Waals surface area (Å²) in [6, 6.07) is 1.76. The molecule has 0 saturated heterocycles. The Bertz CT molecular complexity index is 382. The van der Waals surface area contributed by atoms with Gasteiger partial charge in [0.2, 0.25) is 0 Å². The van der Waals surface area contributed by atoms with Crippen molar-refractivity contribution in [3.8, 4) is 0 Å². The fourth-order valence-corrected chi connectivity index (χ4v) is 3.00. The van der Waals surface area contributed by atoms with Gasteiger partial charge in [-0.15, -0.1) is 11.3 Å². The molecule has 18 heavy (non-hydrogen) atoms. The maximum absolute atomic E-state index is 12.0. The molecule has 102 valence electrons. The van der Waals surface area contributed by atoms with Crippen molar-refractivity contribution in [3.05, 3.63) is 15.8 Å². The zero-order chi connectivity index (χ0) is 13.9. The second-order valence-electron chi connectivity index (χ2n) is 5.48. The van der Waals surface area contributed by atoms with Crippen molar-refractivity contribution in [3.63, 3.8) is 0 Å². The Labute approximate surface area is 114 Å². The van der Waals surface area contributed by atoms with E-state index >= 15 is 0 Å². The molecule has 0 saturated carbocycles. The number of thiophene rings is 1. The molecule has 0 aliphatic carbocycles. The minimum atomic E-state index is -0.00824. The highest BCUT2D eigenvalue weighted by molar-refractivity contribution is 7.14. The standard InChI is InChI=1S/C14H24N2OS/c1-8(2)11(9(3)4)7-16-14(17)13-6-12(15)10(5)18-13/h6,8-9,11H,7,15H2,1-5H3,(H,16,17). The van der Waals surface area contributed by atoms with E-state index in [1.165, 1.54) is 11.3 Å². The van der Waals surface area contributed by atoms with Crippen LogP contribution in [0.2, 0.25) is 0 Å². The van der Waals surface area contributed by atoms with E-state index in [1.807, 2.05) is 6.92 Å². The third-order valence-corrected chi connectivity index (χ3v) is 4.46. The van der Waals surface area contributed by atoms with Gasteiger partial charge in [0, 0.05) is 17.1 Å². The Morgan fingerprint density at radius 3 is 2.28 bits per heavy atom. The van der Waals surface area contributed by atoms with Gasteiger partial charge in [-0.2, -0.15) is 0 Å². The van der Waals surface area contributed by atoms with E-state index in [0.717, 1.165) is 11.4 Å². The second-order valence-corrected chi connectivity index (χ2v) is 6.74. The second kappa shape index (κ2) is 6.23. The van der Waals surface area contributed by atoms with E-state index < -0.39 is 0 Å². The van der Waals surface area contributed by atoms with Gasteiger partial charge in [-0.25, -0.2) is 0 Å². The normalized spacial score (nSPS) is 11.6. The summed E-state index contributed by atoms with van der Waals surface area (Å²) in [5.41, 5.74) is 6.46. The summed E-state index contributed by atoms with van der Waals surface area (Å²) in [5, 5.41) is 3.02. The van der Waals surface area contributed by atoms with E-state index in [2.05, 4.69) is 33.0 Å². The van der Waals surface area contributed by atoms with Crippen LogP contribution in [-0.2, 0) is 0 Å². The predicted octanol–water partition coefficient (Wildman–Crippen LogP) is 3.30. The lowest BCUT2D eigenvalue weighted by Crippen LogP contribution is -2.33. The maximum Gasteiger partial charge on any atom is 0.261 e. The highest BCUT2D eigenvalue weighted by Gasteiger charge is 2.19. The van der Waals surface area contributed by atoms with Crippen molar-refractivity contribution in [1.82, 2.24) is 5.32 Å². The molecule has 0 aliphatic rings. The fourth-order valence-electron chi connectivity index (χ4n) is 2.15. The highest BCUT2D eigenvalue weighted by Crippen LogP contribution is 2.24. The van der Waals surface area contributed by atoms with E-state index in [-0.39, 0.29) is 5.91 Å². The van der Waals surface area contributed by atoms with Crippen molar-refractivity contribution in [1.29, 1.82) is 0 Å². The lowest BCUT2D eigenvalue weighted by Gasteiger charge is -2.24. The number of aryl methyl sites for hydroxylation is 1. The Morgan fingerprint density at radius 2 is 1.89 bits per heavy atom. The number of hydrogen-bond acceptors (Lipinski definition) is 3. The lowest BCUT2D eigenvalue weighted by atomic mass is 9.85. The smallest absolute Gasteiger partial charge is 0.261 e. The molecular weight excluding hydrogens is 244 g/mol. The van der Waals surface area contributed by atoms with Crippen LogP contribution >= 0.6 is 11.3 Å². The van der Waals surface area contributed by atoms with Gasteiger partial charge in [0.1, 0.15) is 0 Å². The zero-order valence-electron chi connectivity index (χ0n) is 11.9. The lowest BCUT2D eigenvalue weighted by molar-refractivity contribution is 0.0941. The van der Waals surface area contributed by atoms with E-state index in [1.54, 1.807) is 6.07 Å². The topological polar surface area (TPSA) is 55.1 Å². The average Bonchev–Trinajstić information content (AvgIpc) is 2.58. The molecule has 3 nitrogen and oxygen atoms in total. The fraction of sp³-hybridized carbons (Fsp3) is 0.643. The molecule has 1 aromatic heterocycles. The minimum absolute atomic E-state index is 0.00824. The Kier molecular flexibility index (Phi) is 5.20. The van der Waals surface area contributed by atoms with Gasteiger partial charge in [-0.05, 0) is 30.7 Å². The molecule has 3 N–H and O–H groups in total. The molecule has 0 radical (unpaired) electrons. The van der Waals surface area contributed by atoms with Gasteiger partial charge in [-0.1, -0.05) is 27.7 Å². The SMILES string of the molecule is Cc1sc(C(=O)NCC(C(C)C)C(C)C)cc1N. The molecule has 0 atom stereocenters. The van der Waals surface area contributed by atoms with Crippen molar-refractivity contribution in [2.45, 2.75) is 34.6 Å². The molecule has 0 aromatic carbocycles. The summed E-state index contributed by atoms with van der Waals surface area (Å²) in [6.07, 6.45) is 0. The van der Waals surface area contributed by atoms with Crippen molar-refractivity contribution < 1.29 is 4.79 Å². The quantitative estimate of drug-likeness (QED) is 0.861. The summed E-state index contributed by atoms with van der Waals surface area (Å²) in [5.74, 6) is 1.64. The first kappa shape index (κ1) is 15.0. The summed E-state index contributed by atoms with van der Waals surface area (Å²) >= 11 is 1.45. The maximum atomic E-state index is 12.0. The van der Waals surface area contributed by atoms with E-state index in [9.17, 15) is 4.79 Å². The van der Waals surface area contributed by atoms with Gasteiger partial charge in [-0.3, -0.25) is 4.79 Å². The first-order valence-corrected chi connectivity index (χ1v) is 7.28. The Balaban J connectivity index is 2.60. The number of nitrogen functional groups attached to an aromatic ring is 1. The third-order valence-electron chi connectivity index (χ3n) is 3.39. The summed E-state index contributed by atoms with van der Waals surface area (Å²) in [7, 11) is 0. The van der Waals surface area contributed by atoms with Crippen LogP contribution < -0.4 is 11.1 Å². The number of amides is 1. The molecule has 0 spiro atoms. The van der Waals surface area contributed by atoms with Crippen LogP contribution in [0.5, 0.6) is 0 Å². The molecule has 1 amide bonds. The van der Waals surface area contributed by atoms with Crippen LogP contribution in [-0.4, -0.2) is 12.5 Å². The minimum Gasteiger partial charge on any atom is -0.398 e. The number of nitrogens with two attached hydrogens (primary N) is 1. The molecule has 0 unspecified atom stereocenters. The predicted molar refractivity (Wildman–Crippen MR) is 79.0 cm³/mol. The van der Waals surface area contributed by atoms with Crippen LogP contribution in [0, 0.1) is 24.7 Å². The van der Waals surface area contributed by atoms with Gasteiger partial charge in [0.15, 0.2) is 0 Å². The van der Waals surface area contributed by atoms with Crippen LogP contribution in [0.15, 0.2) is 6.07 Å².